The van der Waals surface area contributed by atoms with E-state index in [1.807, 2.05) is 26.8 Å². The van der Waals surface area contributed by atoms with Crippen molar-refractivity contribution in [1.82, 2.24) is 10.5 Å². The Hall–Kier alpha value is -3.05. The molecule has 1 aromatic heterocycles. The van der Waals surface area contributed by atoms with Crippen LogP contribution in [0.4, 0.5) is 0 Å². The third-order valence-corrected chi connectivity index (χ3v) is 13.4. The van der Waals surface area contributed by atoms with Crippen molar-refractivity contribution in [2.24, 2.45) is 38.9 Å². The summed E-state index contributed by atoms with van der Waals surface area (Å²) in [6.07, 6.45) is 11.3. The van der Waals surface area contributed by atoms with Crippen LogP contribution in [0.25, 0.3) is 0 Å². The lowest BCUT2D eigenvalue weighted by Gasteiger charge is -2.71. The van der Waals surface area contributed by atoms with Gasteiger partial charge in [-0.1, -0.05) is 52.8 Å². The summed E-state index contributed by atoms with van der Waals surface area (Å²) in [6.45, 7) is 14.4. The zero-order chi connectivity index (χ0) is 30.7. The van der Waals surface area contributed by atoms with Gasteiger partial charge in [0.2, 0.25) is 0 Å². The molecule has 0 aliphatic heterocycles. The summed E-state index contributed by atoms with van der Waals surface area (Å²) in [7, 11) is 0. The van der Waals surface area contributed by atoms with Gasteiger partial charge < -0.3 is 14.9 Å². The van der Waals surface area contributed by atoms with E-state index in [0.29, 0.717) is 18.4 Å². The quantitative estimate of drug-likeness (QED) is 0.478. The number of amides is 1. The van der Waals surface area contributed by atoms with Gasteiger partial charge in [0.15, 0.2) is 11.6 Å². The van der Waals surface area contributed by atoms with Crippen molar-refractivity contribution >= 4 is 17.5 Å². The number of hydrogen-bond donors (Lipinski definition) is 2. The van der Waals surface area contributed by atoms with Crippen LogP contribution in [0.2, 0.25) is 0 Å². The molecule has 3 saturated carbocycles. The van der Waals surface area contributed by atoms with Gasteiger partial charge in [0.05, 0.1) is 17.3 Å². The Balaban J connectivity index is 1.46. The minimum Gasteiger partial charge on any atom is -0.381 e. The number of hydrogen-bond acceptors (Lipinski definition) is 7. The number of ketones is 2. The maximum atomic E-state index is 14.6. The van der Waals surface area contributed by atoms with Gasteiger partial charge >= 0.3 is 0 Å². The van der Waals surface area contributed by atoms with Crippen LogP contribution in [-0.4, -0.2) is 38.9 Å². The molecule has 1 amide bonds. The second kappa shape index (κ2) is 8.53. The fraction of sp³-hybridized carbons (Fsp3) is 0.676. The Morgan fingerprint density at radius 1 is 1.05 bits per heavy atom. The van der Waals surface area contributed by atoms with Crippen LogP contribution in [0.1, 0.15) is 104 Å². The van der Waals surface area contributed by atoms with Gasteiger partial charge in [0.1, 0.15) is 17.9 Å². The molecule has 5 aliphatic rings. The molecule has 8 heteroatoms. The lowest BCUT2D eigenvalue weighted by atomic mass is 9.33. The molecule has 8 atom stereocenters. The smallest absolute Gasteiger partial charge is 0.256 e. The molecule has 42 heavy (non-hydrogen) atoms. The molecule has 5 aliphatic carbocycles. The predicted molar refractivity (Wildman–Crippen MR) is 155 cm³/mol. The zero-order valence-corrected chi connectivity index (χ0v) is 25.9. The Morgan fingerprint density at radius 3 is 2.38 bits per heavy atom. The van der Waals surface area contributed by atoms with Crippen molar-refractivity contribution < 1.29 is 24.0 Å². The molecule has 0 radical (unpaired) electrons. The number of nitrogens with zero attached hydrogens (tertiary/aromatic N) is 2. The van der Waals surface area contributed by atoms with E-state index >= 15 is 0 Å². The summed E-state index contributed by atoms with van der Waals surface area (Å²) in [4.78, 5) is 40.9. The van der Waals surface area contributed by atoms with Crippen LogP contribution in [0, 0.1) is 50.2 Å². The predicted octanol–water partition coefficient (Wildman–Crippen LogP) is 5.49. The van der Waals surface area contributed by atoms with Gasteiger partial charge in [0.25, 0.3) is 5.91 Å². The fourth-order valence-electron chi connectivity index (χ4n) is 10.5. The van der Waals surface area contributed by atoms with E-state index in [4.69, 9.17) is 4.52 Å². The van der Waals surface area contributed by atoms with E-state index in [2.05, 4.69) is 44.2 Å². The van der Waals surface area contributed by atoms with Crippen molar-refractivity contribution in [3.05, 3.63) is 41.3 Å². The Labute approximate surface area is 248 Å². The largest absolute Gasteiger partial charge is 0.381 e. The molecule has 3 fully saturated rings. The van der Waals surface area contributed by atoms with Gasteiger partial charge in [-0.2, -0.15) is 5.26 Å². The van der Waals surface area contributed by atoms with E-state index < -0.39 is 32.8 Å². The Kier molecular flexibility index (Phi) is 5.90. The van der Waals surface area contributed by atoms with Crippen LogP contribution in [0.3, 0.4) is 0 Å². The van der Waals surface area contributed by atoms with Crippen molar-refractivity contribution in [3.63, 3.8) is 0 Å². The monoisotopic (exact) mass is 573 g/mol. The van der Waals surface area contributed by atoms with Crippen LogP contribution in [0.15, 0.2) is 40.3 Å². The summed E-state index contributed by atoms with van der Waals surface area (Å²) in [5, 5.41) is 29.7. The highest BCUT2D eigenvalue weighted by Crippen LogP contribution is 2.75. The molecule has 2 N–H and O–H groups in total. The van der Waals surface area contributed by atoms with Crippen molar-refractivity contribution in [2.75, 3.05) is 0 Å². The summed E-state index contributed by atoms with van der Waals surface area (Å²) in [6, 6.07) is 2.14. The van der Waals surface area contributed by atoms with Crippen molar-refractivity contribution in [2.45, 2.75) is 105 Å². The van der Waals surface area contributed by atoms with Crippen LogP contribution >= 0.6 is 0 Å². The fourth-order valence-corrected chi connectivity index (χ4v) is 10.5. The first kappa shape index (κ1) is 29.0. The number of rotatable bonds is 2. The molecule has 224 valence electrons. The topological polar surface area (TPSA) is 133 Å². The number of nitrogens with one attached hydrogen (secondary N) is 1. The lowest BCUT2D eigenvalue weighted by molar-refractivity contribution is -0.240. The minimum atomic E-state index is -1.63. The molecule has 0 unspecified atom stereocenters. The second-order valence-corrected chi connectivity index (χ2v) is 15.8. The van der Waals surface area contributed by atoms with Gasteiger partial charge in [-0.05, 0) is 80.3 Å². The standard InChI is InChI=1S/C34H43N3O5/c1-28(2)22-8-9-32(6)23(31(22,5)15-20(17-35)26(28)39)14-25(38)34(41)24-16-30(4,37-27(40)21-18-36-42-19-21)12-10-29(24,3)11-13-33(32,34)7/h14-15,18-19,22,24,41H,8-13,16H2,1-7H3,(H,37,40)/t22-,24+,29+,30-,31-,32+,33-,34+/m0/s1. The summed E-state index contributed by atoms with van der Waals surface area (Å²) in [5.41, 5.74) is -3.79. The molecule has 1 aromatic rings. The Bertz CT molecular complexity index is 1500. The summed E-state index contributed by atoms with van der Waals surface area (Å²) in [5.74, 6) is -1.13. The SMILES string of the molecule is CC1(C)C(=O)C(C#N)=C[C@]2(C)C3=CC(=O)[C@]4(O)[C@@H]5C[C@@](C)(NC(=O)c6cnoc6)CC[C@]5(C)CC[C@@]4(C)[C@]3(C)CC[C@@H]12. The molecule has 8 nitrogen and oxygen atoms in total. The lowest BCUT2D eigenvalue weighted by Crippen LogP contribution is -2.74. The summed E-state index contributed by atoms with van der Waals surface area (Å²) < 4.78 is 4.87. The number of aliphatic hydroxyl groups is 1. The molecule has 0 spiro atoms. The van der Waals surface area contributed by atoms with Crippen LogP contribution in [-0.2, 0) is 9.59 Å². The highest BCUT2D eigenvalue weighted by molar-refractivity contribution is 6.05. The van der Waals surface area contributed by atoms with Crippen LogP contribution in [0.5, 0.6) is 0 Å². The van der Waals surface area contributed by atoms with Crippen LogP contribution < -0.4 is 5.32 Å². The maximum Gasteiger partial charge on any atom is 0.256 e. The van der Waals surface area contributed by atoms with Gasteiger partial charge in [-0.3, -0.25) is 14.4 Å². The first-order valence-corrected chi connectivity index (χ1v) is 15.3. The minimum absolute atomic E-state index is 0.0593. The second-order valence-electron chi connectivity index (χ2n) is 15.8. The van der Waals surface area contributed by atoms with Crippen molar-refractivity contribution in [1.29, 1.82) is 5.26 Å². The van der Waals surface area contributed by atoms with E-state index in [-0.39, 0.29) is 40.3 Å². The average molecular weight is 574 g/mol. The first-order chi connectivity index (χ1) is 19.4. The molecule has 0 saturated heterocycles. The zero-order valence-electron chi connectivity index (χ0n) is 25.9. The van der Waals surface area contributed by atoms with E-state index in [1.54, 1.807) is 6.08 Å². The number of fused-ring (bicyclic) bond motifs is 7. The number of carbonyl (C=O) groups is 3. The number of aromatic nitrogens is 1. The summed E-state index contributed by atoms with van der Waals surface area (Å²) >= 11 is 0. The maximum absolute atomic E-state index is 14.6. The highest BCUT2D eigenvalue weighted by atomic mass is 16.5. The molecular formula is C34H43N3O5. The Morgan fingerprint density at radius 2 is 1.74 bits per heavy atom. The highest BCUT2D eigenvalue weighted by Gasteiger charge is 2.75. The normalized spacial score (nSPS) is 45.7. The first-order valence-electron chi connectivity index (χ1n) is 15.3. The number of Topliss-reactive ketones (excluding diaryl/α,β-unsaturated/α-hetero) is 1. The van der Waals surface area contributed by atoms with Gasteiger partial charge in [-0.25, -0.2) is 0 Å². The molecule has 1 heterocycles. The van der Waals surface area contributed by atoms with Gasteiger partial charge in [-0.15, -0.1) is 0 Å². The van der Waals surface area contributed by atoms with E-state index in [9.17, 15) is 24.8 Å². The van der Waals surface area contributed by atoms with E-state index in [0.717, 1.165) is 37.7 Å². The average Bonchev–Trinajstić information content (AvgIpc) is 3.47. The van der Waals surface area contributed by atoms with E-state index in [1.165, 1.54) is 12.5 Å². The molecule has 0 bridgehead atoms. The van der Waals surface area contributed by atoms with Crippen molar-refractivity contribution in [3.8, 4) is 6.07 Å². The number of nitriles is 1. The molecule has 0 aromatic carbocycles. The third-order valence-electron chi connectivity index (χ3n) is 13.4. The number of carbonyl (C=O) groups excluding carboxylic acids is 3. The molecule has 6 rings (SSSR count). The van der Waals surface area contributed by atoms with Gasteiger partial charge in [0, 0.05) is 27.7 Å². The molecular weight excluding hydrogens is 530 g/mol. The third kappa shape index (κ3) is 3.38. The number of allylic oxidation sites excluding steroid dienone is 3.